The van der Waals surface area contributed by atoms with Crippen molar-refractivity contribution in [3.05, 3.63) is 59.7 Å². The quantitative estimate of drug-likeness (QED) is 0.663. The first-order chi connectivity index (χ1) is 14.7. The Balaban J connectivity index is 1.45. The van der Waals surface area contributed by atoms with E-state index in [1.807, 2.05) is 12.1 Å². The number of anilines is 2. The number of carbonyl (C=O) groups excluding carboxylic acids is 3. The lowest BCUT2D eigenvalue weighted by Gasteiger charge is -2.19. The van der Waals surface area contributed by atoms with Crippen molar-refractivity contribution in [3.8, 4) is 0 Å². The van der Waals surface area contributed by atoms with Crippen LogP contribution < -0.4 is 16.0 Å². The van der Waals surface area contributed by atoms with Crippen molar-refractivity contribution in [2.24, 2.45) is 0 Å². The summed E-state index contributed by atoms with van der Waals surface area (Å²) in [5.41, 5.74) is 2.86. The molecule has 0 saturated carbocycles. The predicted octanol–water partition coefficient (Wildman–Crippen LogP) is 3.47. The Morgan fingerprint density at radius 3 is 2.10 bits per heavy atom. The molecule has 1 aliphatic heterocycles. The minimum atomic E-state index is -0.396. The molecule has 7 heteroatoms. The molecule has 0 spiro atoms. The minimum Gasteiger partial charge on any atom is -0.368 e. The molecule has 3 amide bonds. The van der Waals surface area contributed by atoms with Crippen molar-refractivity contribution in [3.63, 3.8) is 0 Å². The molecule has 2 aromatic rings. The van der Waals surface area contributed by atoms with Gasteiger partial charge in [0.05, 0.1) is 6.54 Å². The molecule has 0 bridgehead atoms. The first-order valence-electron chi connectivity index (χ1n) is 10.4. The highest BCUT2D eigenvalue weighted by atomic mass is 16.5. The third-order valence-corrected chi connectivity index (χ3v) is 5.08. The van der Waals surface area contributed by atoms with Crippen LogP contribution in [0.25, 0.3) is 0 Å². The minimum absolute atomic E-state index is 0.0114. The molecule has 1 aliphatic rings. The number of ether oxygens (including phenoxy) is 1. The Hall–Kier alpha value is -3.19. The van der Waals surface area contributed by atoms with E-state index >= 15 is 0 Å². The molecule has 0 aliphatic carbocycles. The van der Waals surface area contributed by atoms with Gasteiger partial charge in [0.15, 0.2) is 0 Å². The van der Waals surface area contributed by atoms with Gasteiger partial charge in [0, 0.05) is 23.5 Å². The van der Waals surface area contributed by atoms with Crippen LogP contribution in [-0.4, -0.2) is 37.0 Å². The third-order valence-electron chi connectivity index (χ3n) is 5.08. The number of hydrogen-bond donors (Lipinski definition) is 3. The topological polar surface area (TPSA) is 96.5 Å². The largest absolute Gasteiger partial charge is 0.368 e. The molecule has 1 fully saturated rings. The van der Waals surface area contributed by atoms with Gasteiger partial charge < -0.3 is 20.7 Å². The zero-order valence-electron chi connectivity index (χ0n) is 18.2. The summed E-state index contributed by atoms with van der Waals surface area (Å²) in [5.74, 6) is -0.800. The van der Waals surface area contributed by atoms with Gasteiger partial charge >= 0.3 is 0 Å². The number of rotatable bonds is 6. The van der Waals surface area contributed by atoms with E-state index in [-0.39, 0.29) is 29.7 Å². The van der Waals surface area contributed by atoms with Crippen LogP contribution >= 0.6 is 0 Å². The molecular weight excluding hydrogens is 394 g/mol. The molecule has 1 atom stereocenters. The van der Waals surface area contributed by atoms with Gasteiger partial charge in [-0.1, -0.05) is 32.9 Å². The van der Waals surface area contributed by atoms with E-state index in [0.29, 0.717) is 23.5 Å². The molecule has 31 heavy (non-hydrogen) atoms. The SMILES string of the molecule is CC(C)(C)c1ccc(C(=O)NCC(=O)Nc2ccc(NC(=O)[C@@H]3CCCO3)cc2)cc1. The fourth-order valence-corrected chi connectivity index (χ4v) is 3.23. The van der Waals surface area contributed by atoms with Crippen LogP contribution in [-0.2, 0) is 19.7 Å². The number of nitrogens with one attached hydrogen (secondary N) is 3. The van der Waals surface area contributed by atoms with Crippen molar-refractivity contribution in [1.82, 2.24) is 5.32 Å². The van der Waals surface area contributed by atoms with E-state index in [2.05, 4.69) is 36.7 Å². The van der Waals surface area contributed by atoms with Crippen LogP contribution in [0.4, 0.5) is 11.4 Å². The normalized spacial score (nSPS) is 15.9. The van der Waals surface area contributed by atoms with E-state index in [9.17, 15) is 14.4 Å². The highest BCUT2D eigenvalue weighted by Gasteiger charge is 2.23. The van der Waals surface area contributed by atoms with E-state index in [1.54, 1.807) is 36.4 Å². The monoisotopic (exact) mass is 423 g/mol. The molecule has 0 unspecified atom stereocenters. The van der Waals surface area contributed by atoms with Crippen molar-refractivity contribution >= 4 is 29.1 Å². The summed E-state index contributed by atoms with van der Waals surface area (Å²) in [4.78, 5) is 36.5. The standard InChI is InChI=1S/C24H29N3O4/c1-24(2,3)17-8-6-16(7-9-17)22(29)25-15-21(28)26-18-10-12-19(13-11-18)27-23(30)20-5-4-14-31-20/h6-13,20H,4-5,14-15H2,1-3H3,(H,25,29)(H,26,28)(H,27,30)/t20-/m0/s1. The first kappa shape index (κ1) is 22.5. The zero-order chi connectivity index (χ0) is 22.4. The first-order valence-corrected chi connectivity index (χ1v) is 10.4. The number of benzene rings is 2. The molecule has 164 valence electrons. The third kappa shape index (κ3) is 6.39. The van der Waals surface area contributed by atoms with Gasteiger partial charge in [-0.3, -0.25) is 14.4 Å². The fraction of sp³-hybridized carbons (Fsp3) is 0.375. The van der Waals surface area contributed by atoms with E-state index < -0.39 is 6.10 Å². The molecule has 7 nitrogen and oxygen atoms in total. The van der Waals surface area contributed by atoms with Crippen LogP contribution in [0.15, 0.2) is 48.5 Å². The molecule has 1 saturated heterocycles. The maximum absolute atomic E-state index is 12.3. The van der Waals surface area contributed by atoms with Gasteiger partial charge in [-0.2, -0.15) is 0 Å². The molecular formula is C24H29N3O4. The number of amides is 3. The Bertz CT molecular complexity index is 925. The molecule has 0 radical (unpaired) electrons. The summed E-state index contributed by atoms with van der Waals surface area (Å²) >= 11 is 0. The Labute approximate surface area is 182 Å². The lowest BCUT2D eigenvalue weighted by atomic mass is 9.87. The van der Waals surface area contributed by atoms with Crippen molar-refractivity contribution in [2.75, 3.05) is 23.8 Å². The highest BCUT2D eigenvalue weighted by molar-refractivity contribution is 5.99. The number of hydrogen-bond acceptors (Lipinski definition) is 4. The van der Waals surface area contributed by atoms with Crippen molar-refractivity contribution < 1.29 is 19.1 Å². The second-order valence-corrected chi connectivity index (χ2v) is 8.63. The Kier molecular flexibility index (Phi) is 7.07. The summed E-state index contributed by atoms with van der Waals surface area (Å²) in [6, 6.07) is 14.2. The lowest BCUT2D eigenvalue weighted by Crippen LogP contribution is -2.32. The fourth-order valence-electron chi connectivity index (χ4n) is 3.23. The van der Waals surface area contributed by atoms with E-state index in [4.69, 9.17) is 4.74 Å². The van der Waals surface area contributed by atoms with Gasteiger partial charge in [0.2, 0.25) is 5.91 Å². The smallest absolute Gasteiger partial charge is 0.253 e. The summed E-state index contributed by atoms with van der Waals surface area (Å²) in [7, 11) is 0. The van der Waals surface area contributed by atoms with Gasteiger partial charge in [0.1, 0.15) is 6.10 Å². The average molecular weight is 424 g/mol. The van der Waals surface area contributed by atoms with Gasteiger partial charge in [0.25, 0.3) is 11.8 Å². The lowest BCUT2D eigenvalue weighted by molar-refractivity contribution is -0.124. The van der Waals surface area contributed by atoms with Crippen molar-refractivity contribution in [1.29, 1.82) is 0 Å². The van der Waals surface area contributed by atoms with Crippen LogP contribution in [0.3, 0.4) is 0 Å². The van der Waals surface area contributed by atoms with Crippen LogP contribution in [0.2, 0.25) is 0 Å². The second-order valence-electron chi connectivity index (χ2n) is 8.63. The second kappa shape index (κ2) is 9.75. The number of carbonyl (C=O) groups is 3. The maximum atomic E-state index is 12.3. The summed E-state index contributed by atoms with van der Waals surface area (Å²) in [5, 5.41) is 8.15. The summed E-state index contributed by atoms with van der Waals surface area (Å²) in [6.07, 6.45) is 1.22. The molecule has 3 N–H and O–H groups in total. The van der Waals surface area contributed by atoms with E-state index in [1.165, 1.54) is 0 Å². The van der Waals surface area contributed by atoms with Gasteiger partial charge in [-0.25, -0.2) is 0 Å². The summed E-state index contributed by atoms with van der Waals surface area (Å²) in [6.45, 7) is 6.80. The molecule has 3 rings (SSSR count). The van der Waals surface area contributed by atoms with Crippen molar-refractivity contribution in [2.45, 2.75) is 45.1 Å². The Morgan fingerprint density at radius 2 is 1.55 bits per heavy atom. The Morgan fingerprint density at radius 1 is 0.935 bits per heavy atom. The molecule has 2 aromatic carbocycles. The van der Waals surface area contributed by atoms with Crippen LogP contribution in [0, 0.1) is 0 Å². The van der Waals surface area contributed by atoms with Crippen LogP contribution in [0.5, 0.6) is 0 Å². The van der Waals surface area contributed by atoms with Gasteiger partial charge in [-0.05, 0) is 60.2 Å². The molecule has 1 heterocycles. The molecule has 0 aromatic heterocycles. The van der Waals surface area contributed by atoms with Crippen LogP contribution in [0.1, 0.15) is 49.5 Å². The predicted molar refractivity (Wildman–Crippen MR) is 120 cm³/mol. The zero-order valence-corrected chi connectivity index (χ0v) is 18.2. The average Bonchev–Trinajstić information content (AvgIpc) is 3.28. The maximum Gasteiger partial charge on any atom is 0.253 e. The van der Waals surface area contributed by atoms with E-state index in [0.717, 1.165) is 18.4 Å². The summed E-state index contributed by atoms with van der Waals surface area (Å²) < 4.78 is 5.36. The van der Waals surface area contributed by atoms with Gasteiger partial charge in [-0.15, -0.1) is 0 Å². The highest BCUT2D eigenvalue weighted by Crippen LogP contribution is 2.22.